The molecule has 1 atom stereocenters. The van der Waals surface area contributed by atoms with E-state index in [9.17, 15) is 4.79 Å². The van der Waals surface area contributed by atoms with Gasteiger partial charge in [-0.3, -0.25) is 4.79 Å². The number of carbonyl (C=O) groups is 1. The van der Waals surface area contributed by atoms with Crippen molar-refractivity contribution in [2.24, 2.45) is 5.73 Å². The van der Waals surface area contributed by atoms with Crippen molar-refractivity contribution in [1.29, 1.82) is 0 Å². The van der Waals surface area contributed by atoms with Crippen LogP contribution in [0.3, 0.4) is 0 Å². The molecule has 1 saturated heterocycles. The Balaban J connectivity index is 0.00000176. The van der Waals surface area contributed by atoms with E-state index in [1.54, 1.807) is 13.1 Å². The first-order chi connectivity index (χ1) is 13.0. The van der Waals surface area contributed by atoms with E-state index in [1.807, 2.05) is 38.1 Å². The highest BCUT2D eigenvalue weighted by Gasteiger charge is 2.13. The van der Waals surface area contributed by atoms with E-state index in [4.69, 9.17) is 15.2 Å². The first kappa shape index (κ1) is 22.7. The standard InChI is InChI=1S/C19H27N3O3.C2H6/c1-14(2)19(23)22-11-15-6-8-17(9-7-15)21-12-16(20)13-25-18-5-3-4-10-24-18;1-2/h6-9,12,18,21H,1,3-5,10-11,13,20H2,2H3,(H,22,23);1-2H3/b16-12-;. The highest BCUT2D eigenvalue weighted by Crippen LogP contribution is 2.14. The molecule has 6 nitrogen and oxygen atoms in total. The van der Waals surface area contributed by atoms with Crippen LogP contribution in [0.2, 0.25) is 0 Å². The third kappa shape index (κ3) is 9.26. The van der Waals surface area contributed by atoms with Crippen LogP contribution in [0.5, 0.6) is 0 Å². The van der Waals surface area contributed by atoms with Crippen molar-refractivity contribution in [2.45, 2.75) is 52.9 Å². The third-order valence-corrected chi connectivity index (χ3v) is 3.79. The molecule has 1 aliphatic heterocycles. The molecule has 0 aromatic heterocycles. The fourth-order valence-electron chi connectivity index (χ4n) is 2.30. The minimum absolute atomic E-state index is 0.139. The molecule has 1 amide bonds. The lowest BCUT2D eigenvalue weighted by molar-refractivity contribution is -0.157. The second-order valence-corrected chi connectivity index (χ2v) is 6.13. The second-order valence-electron chi connectivity index (χ2n) is 6.13. The molecule has 150 valence electrons. The predicted molar refractivity (Wildman–Crippen MR) is 110 cm³/mol. The van der Waals surface area contributed by atoms with Gasteiger partial charge in [0.1, 0.15) is 0 Å². The molecule has 2 rings (SSSR count). The molecule has 1 heterocycles. The number of nitrogens with two attached hydrogens (primary N) is 1. The van der Waals surface area contributed by atoms with Crippen molar-refractivity contribution < 1.29 is 14.3 Å². The maximum absolute atomic E-state index is 11.5. The largest absolute Gasteiger partial charge is 0.399 e. The van der Waals surface area contributed by atoms with Crippen molar-refractivity contribution in [3.63, 3.8) is 0 Å². The van der Waals surface area contributed by atoms with Gasteiger partial charge in [0.15, 0.2) is 6.29 Å². The van der Waals surface area contributed by atoms with Gasteiger partial charge in [-0.1, -0.05) is 32.6 Å². The average Bonchev–Trinajstić information content (AvgIpc) is 2.71. The summed E-state index contributed by atoms with van der Waals surface area (Å²) in [6.45, 7) is 10.9. The average molecular weight is 376 g/mol. The number of anilines is 1. The van der Waals surface area contributed by atoms with Crippen molar-refractivity contribution in [1.82, 2.24) is 5.32 Å². The normalized spacial score (nSPS) is 16.7. The van der Waals surface area contributed by atoms with Gasteiger partial charge in [0, 0.05) is 30.6 Å². The van der Waals surface area contributed by atoms with Crippen LogP contribution >= 0.6 is 0 Å². The Kier molecular flexibility index (Phi) is 10.9. The minimum atomic E-state index is -0.144. The summed E-state index contributed by atoms with van der Waals surface area (Å²) in [5.74, 6) is -0.139. The molecule has 0 saturated carbocycles. The van der Waals surface area contributed by atoms with Crippen LogP contribution < -0.4 is 16.4 Å². The van der Waals surface area contributed by atoms with Gasteiger partial charge in [-0.05, 0) is 43.9 Å². The van der Waals surface area contributed by atoms with Gasteiger partial charge in [-0.2, -0.15) is 0 Å². The van der Waals surface area contributed by atoms with Gasteiger partial charge in [-0.25, -0.2) is 0 Å². The van der Waals surface area contributed by atoms with Crippen LogP contribution in [-0.4, -0.2) is 25.4 Å². The first-order valence-corrected chi connectivity index (χ1v) is 9.51. The summed E-state index contributed by atoms with van der Waals surface area (Å²) in [6, 6.07) is 7.74. The summed E-state index contributed by atoms with van der Waals surface area (Å²) in [7, 11) is 0. The number of nitrogens with one attached hydrogen (secondary N) is 2. The molecule has 1 aliphatic rings. The molecular weight excluding hydrogens is 342 g/mol. The number of benzene rings is 1. The Bertz CT molecular complexity index is 606. The van der Waals surface area contributed by atoms with E-state index in [0.717, 1.165) is 37.1 Å². The highest BCUT2D eigenvalue weighted by molar-refractivity contribution is 5.92. The molecule has 0 aliphatic carbocycles. The van der Waals surface area contributed by atoms with Crippen molar-refractivity contribution in [3.05, 3.63) is 53.9 Å². The van der Waals surface area contributed by atoms with Crippen molar-refractivity contribution in [2.75, 3.05) is 18.5 Å². The van der Waals surface area contributed by atoms with E-state index in [0.29, 0.717) is 24.4 Å². The van der Waals surface area contributed by atoms with Gasteiger partial charge in [-0.15, -0.1) is 0 Å². The molecule has 1 fully saturated rings. The number of ether oxygens (including phenoxy) is 2. The van der Waals surface area contributed by atoms with Crippen LogP contribution in [0, 0.1) is 0 Å². The number of rotatable bonds is 8. The van der Waals surface area contributed by atoms with Crippen LogP contribution in [0.25, 0.3) is 0 Å². The zero-order valence-corrected chi connectivity index (χ0v) is 16.7. The Labute approximate surface area is 162 Å². The van der Waals surface area contributed by atoms with Crippen molar-refractivity contribution in [3.8, 4) is 0 Å². The summed E-state index contributed by atoms with van der Waals surface area (Å²) in [4.78, 5) is 11.5. The zero-order valence-electron chi connectivity index (χ0n) is 16.7. The van der Waals surface area contributed by atoms with Crippen LogP contribution in [-0.2, 0) is 20.8 Å². The highest BCUT2D eigenvalue weighted by atomic mass is 16.7. The number of hydrogen-bond acceptors (Lipinski definition) is 5. The Hall–Kier alpha value is -2.31. The fourth-order valence-corrected chi connectivity index (χ4v) is 2.30. The second kappa shape index (κ2) is 12.9. The molecular formula is C21H33N3O3. The van der Waals surface area contributed by atoms with Crippen LogP contribution in [0.15, 0.2) is 48.3 Å². The molecule has 27 heavy (non-hydrogen) atoms. The zero-order chi connectivity index (χ0) is 20.1. The van der Waals surface area contributed by atoms with E-state index in [2.05, 4.69) is 17.2 Å². The lowest BCUT2D eigenvalue weighted by Crippen LogP contribution is -2.24. The Morgan fingerprint density at radius 1 is 1.33 bits per heavy atom. The monoisotopic (exact) mass is 375 g/mol. The molecule has 1 unspecified atom stereocenters. The molecule has 4 N–H and O–H groups in total. The van der Waals surface area contributed by atoms with E-state index in [-0.39, 0.29) is 12.2 Å². The topological polar surface area (TPSA) is 85.6 Å². The van der Waals surface area contributed by atoms with Gasteiger partial charge in [0.2, 0.25) is 5.91 Å². The van der Waals surface area contributed by atoms with E-state index >= 15 is 0 Å². The number of carbonyl (C=O) groups excluding carboxylic acids is 1. The lowest BCUT2D eigenvalue weighted by Gasteiger charge is -2.22. The summed E-state index contributed by atoms with van der Waals surface area (Å²) >= 11 is 0. The number of hydrogen-bond donors (Lipinski definition) is 3. The Morgan fingerprint density at radius 3 is 2.63 bits per heavy atom. The SMILES string of the molecule is C=C(C)C(=O)NCc1ccc(N/C=C(\N)COC2CCCCO2)cc1.CC. The summed E-state index contributed by atoms with van der Waals surface area (Å²) in [5, 5.41) is 5.93. The summed E-state index contributed by atoms with van der Waals surface area (Å²) < 4.78 is 11.1. The predicted octanol–water partition coefficient (Wildman–Crippen LogP) is 3.66. The minimum Gasteiger partial charge on any atom is -0.399 e. The Morgan fingerprint density at radius 2 is 2.04 bits per heavy atom. The smallest absolute Gasteiger partial charge is 0.246 e. The first-order valence-electron chi connectivity index (χ1n) is 9.51. The maximum atomic E-state index is 11.5. The fraction of sp³-hybridized carbons (Fsp3) is 0.476. The van der Waals surface area contributed by atoms with Gasteiger partial charge in [0.25, 0.3) is 0 Å². The van der Waals surface area contributed by atoms with Crippen LogP contribution in [0.1, 0.15) is 45.6 Å². The van der Waals surface area contributed by atoms with Gasteiger partial charge in [0.05, 0.1) is 12.3 Å². The third-order valence-electron chi connectivity index (χ3n) is 3.79. The van der Waals surface area contributed by atoms with Gasteiger partial charge >= 0.3 is 0 Å². The molecule has 1 aromatic carbocycles. The van der Waals surface area contributed by atoms with Crippen molar-refractivity contribution >= 4 is 11.6 Å². The molecule has 0 radical (unpaired) electrons. The maximum Gasteiger partial charge on any atom is 0.246 e. The summed E-state index contributed by atoms with van der Waals surface area (Å²) in [6.07, 6.45) is 4.73. The van der Waals surface area contributed by atoms with E-state index < -0.39 is 0 Å². The van der Waals surface area contributed by atoms with Crippen LogP contribution in [0.4, 0.5) is 5.69 Å². The lowest BCUT2D eigenvalue weighted by atomic mass is 10.2. The van der Waals surface area contributed by atoms with Gasteiger partial charge < -0.3 is 25.8 Å². The number of amides is 1. The summed E-state index contributed by atoms with van der Waals surface area (Å²) in [5.41, 5.74) is 8.96. The molecule has 6 heteroatoms. The molecule has 0 spiro atoms. The molecule has 1 aromatic rings. The molecule has 0 bridgehead atoms. The quantitative estimate of drug-likeness (QED) is 0.604. The van der Waals surface area contributed by atoms with E-state index in [1.165, 1.54) is 0 Å².